The number of nitrogens with zero attached hydrogens (tertiary/aromatic N) is 1. The molecule has 4 heteroatoms. The van der Waals surface area contributed by atoms with Crippen molar-refractivity contribution in [2.75, 3.05) is 13.7 Å². The SMILES string of the molecule is CCCC(COC)NC(C)c1sc(C(C)(C)C)nc1C. The third-order valence-corrected chi connectivity index (χ3v) is 5.12. The maximum Gasteiger partial charge on any atom is 0.0985 e. The first-order valence-electron chi connectivity index (χ1n) is 7.52. The van der Waals surface area contributed by atoms with Crippen LogP contribution < -0.4 is 5.32 Å². The van der Waals surface area contributed by atoms with E-state index in [1.54, 1.807) is 7.11 Å². The summed E-state index contributed by atoms with van der Waals surface area (Å²) in [5.74, 6) is 0. The summed E-state index contributed by atoms with van der Waals surface area (Å²) in [6, 6.07) is 0.745. The molecule has 0 saturated heterocycles. The minimum atomic E-state index is 0.128. The normalized spacial score (nSPS) is 15.3. The molecule has 0 radical (unpaired) electrons. The van der Waals surface area contributed by atoms with Gasteiger partial charge in [-0.1, -0.05) is 34.1 Å². The van der Waals surface area contributed by atoms with Crippen molar-refractivity contribution >= 4 is 11.3 Å². The predicted octanol–water partition coefficient (Wildman–Crippen LogP) is 4.21. The lowest BCUT2D eigenvalue weighted by Gasteiger charge is -2.22. The van der Waals surface area contributed by atoms with Crippen LogP contribution >= 0.6 is 11.3 Å². The van der Waals surface area contributed by atoms with Crippen LogP contribution in [0.15, 0.2) is 0 Å². The summed E-state index contributed by atoms with van der Waals surface area (Å²) in [4.78, 5) is 6.10. The summed E-state index contributed by atoms with van der Waals surface area (Å²) in [5, 5.41) is 4.91. The number of ether oxygens (including phenoxy) is 1. The number of rotatable bonds is 7. The van der Waals surface area contributed by atoms with E-state index < -0.39 is 0 Å². The molecule has 116 valence electrons. The quantitative estimate of drug-likeness (QED) is 0.818. The van der Waals surface area contributed by atoms with Crippen molar-refractivity contribution in [2.24, 2.45) is 0 Å². The molecule has 0 aromatic carbocycles. The van der Waals surface area contributed by atoms with E-state index >= 15 is 0 Å². The van der Waals surface area contributed by atoms with E-state index in [0.717, 1.165) is 18.7 Å². The van der Waals surface area contributed by atoms with Crippen LogP contribution in [0.1, 0.15) is 69.1 Å². The van der Waals surface area contributed by atoms with Gasteiger partial charge >= 0.3 is 0 Å². The predicted molar refractivity (Wildman–Crippen MR) is 87.7 cm³/mol. The fraction of sp³-hybridized carbons (Fsp3) is 0.812. The Morgan fingerprint density at radius 2 is 2.00 bits per heavy atom. The van der Waals surface area contributed by atoms with Gasteiger partial charge in [-0.05, 0) is 20.3 Å². The van der Waals surface area contributed by atoms with Gasteiger partial charge in [0, 0.05) is 29.5 Å². The minimum Gasteiger partial charge on any atom is -0.383 e. The van der Waals surface area contributed by atoms with E-state index in [1.807, 2.05) is 11.3 Å². The number of aromatic nitrogens is 1. The van der Waals surface area contributed by atoms with Crippen LogP contribution in [0, 0.1) is 6.92 Å². The zero-order valence-corrected chi connectivity index (χ0v) is 14.9. The minimum absolute atomic E-state index is 0.128. The second kappa shape index (κ2) is 7.53. The van der Waals surface area contributed by atoms with Crippen molar-refractivity contribution < 1.29 is 4.74 Å². The summed E-state index contributed by atoms with van der Waals surface area (Å²) in [6.45, 7) is 14.0. The molecule has 0 spiro atoms. The smallest absolute Gasteiger partial charge is 0.0985 e. The van der Waals surface area contributed by atoms with Gasteiger partial charge in [-0.25, -0.2) is 4.98 Å². The Bertz CT molecular complexity index is 403. The van der Waals surface area contributed by atoms with Gasteiger partial charge in [-0.3, -0.25) is 0 Å². The monoisotopic (exact) mass is 298 g/mol. The van der Waals surface area contributed by atoms with Gasteiger partial charge in [0.25, 0.3) is 0 Å². The Kier molecular flexibility index (Phi) is 6.62. The van der Waals surface area contributed by atoms with Gasteiger partial charge < -0.3 is 10.1 Å². The highest BCUT2D eigenvalue weighted by Crippen LogP contribution is 2.32. The van der Waals surface area contributed by atoms with Gasteiger partial charge in [0.1, 0.15) is 0 Å². The molecule has 0 aliphatic rings. The van der Waals surface area contributed by atoms with Crippen molar-refractivity contribution in [1.82, 2.24) is 10.3 Å². The summed E-state index contributed by atoms with van der Waals surface area (Å²) in [7, 11) is 1.77. The van der Waals surface area contributed by atoms with Crippen LogP contribution in [0.5, 0.6) is 0 Å². The molecule has 2 atom stereocenters. The molecular weight excluding hydrogens is 268 g/mol. The molecule has 1 aromatic rings. The first kappa shape index (κ1) is 17.6. The summed E-state index contributed by atoms with van der Waals surface area (Å²) >= 11 is 1.84. The van der Waals surface area contributed by atoms with Crippen molar-refractivity contribution in [3.8, 4) is 0 Å². The van der Waals surface area contributed by atoms with E-state index in [4.69, 9.17) is 9.72 Å². The zero-order valence-electron chi connectivity index (χ0n) is 14.0. The highest BCUT2D eigenvalue weighted by Gasteiger charge is 2.23. The van der Waals surface area contributed by atoms with Gasteiger partial charge in [0.05, 0.1) is 17.3 Å². The van der Waals surface area contributed by atoms with E-state index in [1.165, 1.54) is 16.3 Å². The van der Waals surface area contributed by atoms with Crippen LogP contribution in [0.3, 0.4) is 0 Å². The molecule has 2 unspecified atom stereocenters. The summed E-state index contributed by atoms with van der Waals surface area (Å²) in [5.41, 5.74) is 1.29. The number of hydrogen-bond acceptors (Lipinski definition) is 4. The van der Waals surface area contributed by atoms with Gasteiger partial charge in [-0.2, -0.15) is 0 Å². The first-order chi connectivity index (χ1) is 9.29. The van der Waals surface area contributed by atoms with Crippen LogP contribution in [0.25, 0.3) is 0 Å². The Labute approximate surface area is 128 Å². The third kappa shape index (κ3) is 4.83. The molecule has 20 heavy (non-hydrogen) atoms. The molecule has 1 rings (SSSR count). The highest BCUT2D eigenvalue weighted by atomic mass is 32.1. The van der Waals surface area contributed by atoms with Crippen LogP contribution in [-0.2, 0) is 10.2 Å². The van der Waals surface area contributed by atoms with E-state index in [9.17, 15) is 0 Å². The molecule has 0 aliphatic heterocycles. The van der Waals surface area contributed by atoms with Gasteiger partial charge in [-0.15, -0.1) is 11.3 Å². The lowest BCUT2D eigenvalue weighted by atomic mass is 9.98. The number of thiazole rings is 1. The topological polar surface area (TPSA) is 34.1 Å². The van der Waals surface area contributed by atoms with Gasteiger partial charge in [0.2, 0.25) is 0 Å². The average molecular weight is 298 g/mol. The second-order valence-electron chi connectivity index (χ2n) is 6.55. The largest absolute Gasteiger partial charge is 0.383 e. The van der Waals surface area contributed by atoms with Crippen LogP contribution in [0.2, 0.25) is 0 Å². The second-order valence-corrected chi connectivity index (χ2v) is 7.58. The molecule has 1 heterocycles. The molecule has 0 amide bonds. The fourth-order valence-electron chi connectivity index (χ4n) is 2.32. The van der Waals surface area contributed by atoms with E-state index in [-0.39, 0.29) is 5.41 Å². The zero-order chi connectivity index (χ0) is 15.3. The highest BCUT2D eigenvalue weighted by molar-refractivity contribution is 7.12. The fourth-order valence-corrected chi connectivity index (χ4v) is 3.46. The molecule has 0 bridgehead atoms. The maximum absolute atomic E-state index is 5.31. The molecule has 0 aliphatic carbocycles. The summed E-state index contributed by atoms with van der Waals surface area (Å²) < 4.78 is 5.31. The summed E-state index contributed by atoms with van der Waals surface area (Å²) in [6.07, 6.45) is 2.31. The lowest BCUT2D eigenvalue weighted by Crippen LogP contribution is -2.35. The standard InChI is InChI=1S/C16H30N2OS/c1-8-9-13(10-19-7)17-11(2)14-12(3)18-15(20-14)16(4,5)6/h11,13,17H,8-10H2,1-7H3. The first-order valence-corrected chi connectivity index (χ1v) is 8.34. The Hall–Kier alpha value is -0.450. The Balaban J connectivity index is 2.80. The number of hydrogen-bond donors (Lipinski definition) is 1. The van der Waals surface area contributed by atoms with Crippen molar-refractivity contribution in [1.29, 1.82) is 0 Å². The van der Waals surface area contributed by atoms with Crippen LogP contribution in [0.4, 0.5) is 0 Å². The van der Waals surface area contributed by atoms with Gasteiger partial charge in [0.15, 0.2) is 0 Å². The molecule has 0 fully saturated rings. The average Bonchev–Trinajstić information content (AvgIpc) is 2.72. The van der Waals surface area contributed by atoms with E-state index in [2.05, 4.69) is 46.9 Å². The number of nitrogens with one attached hydrogen (secondary N) is 1. The maximum atomic E-state index is 5.31. The lowest BCUT2D eigenvalue weighted by molar-refractivity contribution is 0.157. The van der Waals surface area contributed by atoms with Crippen molar-refractivity contribution in [2.45, 2.75) is 71.9 Å². The van der Waals surface area contributed by atoms with Crippen LogP contribution in [-0.4, -0.2) is 24.7 Å². The number of aryl methyl sites for hydroxylation is 1. The molecule has 1 aromatic heterocycles. The number of methoxy groups -OCH3 is 1. The molecule has 1 N–H and O–H groups in total. The molecule has 0 saturated carbocycles. The molecule has 3 nitrogen and oxygen atoms in total. The molecular formula is C16H30N2OS. The third-order valence-electron chi connectivity index (χ3n) is 3.36. The van der Waals surface area contributed by atoms with E-state index in [0.29, 0.717) is 12.1 Å². The van der Waals surface area contributed by atoms with Crippen molar-refractivity contribution in [3.05, 3.63) is 15.6 Å². The van der Waals surface area contributed by atoms with Crippen molar-refractivity contribution in [3.63, 3.8) is 0 Å². The Morgan fingerprint density at radius 3 is 2.45 bits per heavy atom. The Morgan fingerprint density at radius 1 is 1.35 bits per heavy atom.